The number of carbonyl (C=O) groups is 9. The van der Waals surface area contributed by atoms with Gasteiger partial charge in [-0.1, -0.05) is 42.5 Å². The number of amides is 8. The average Bonchev–Trinajstić information content (AvgIpc) is 4.00. The summed E-state index contributed by atoms with van der Waals surface area (Å²) < 4.78 is 0. The number of carbonyl (C=O) groups excluding carboxylic acids is 8. The predicted octanol–water partition coefficient (Wildman–Crippen LogP) is -2.79. The Bertz CT molecular complexity index is 2180. The van der Waals surface area contributed by atoms with Crippen LogP contribution in [-0.4, -0.2) is 145 Å². The van der Waals surface area contributed by atoms with Crippen molar-refractivity contribution in [1.82, 2.24) is 46.8 Å². The number of aliphatic carboxylic acids is 1. The first-order valence-corrected chi connectivity index (χ1v) is 22.1. The highest BCUT2D eigenvalue weighted by Crippen LogP contribution is 2.21. The van der Waals surface area contributed by atoms with Crippen LogP contribution in [0.15, 0.2) is 67.1 Å². The number of aromatic nitrogens is 2. The third-order valence-corrected chi connectivity index (χ3v) is 11.2. The first-order valence-electron chi connectivity index (χ1n) is 20.8. The summed E-state index contributed by atoms with van der Waals surface area (Å²) in [6.45, 7) is 1.44. The van der Waals surface area contributed by atoms with E-state index in [0.717, 1.165) is 5.56 Å². The molecule has 8 atom stereocenters. The molecule has 1 fully saturated rings. The summed E-state index contributed by atoms with van der Waals surface area (Å²) in [5, 5.41) is 34.4. The number of aromatic amines is 1. The van der Waals surface area contributed by atoms with E-state index in [1.54, 1.807) is 24.3 Å². The van der Waals surface area contributed by atoms with Crippen LogP contribution in [0.1, 0.15) is 43.0 Å². The van der Waals surface area contributed by atoms with E-state index in [1.165, 1.54) is 48.6 Å². The van der Waals surface area contributed by atoms with Gasteiger partial charge < -0.3 is 63.5 Å². The SMILES string of the molecule is C[C@H](NC(=O)[C@H](CS)NC(=O)[C@@H](N)Cc1ccccc1)C(=O)N[C@@H](Cc1ccc(O)cc1)C(=O)N1CCC[C@H]1C(=O)N[C@@H](CS)C(=O)N[C@@H](CC(N)=O)C(=O)N[C@@H](Cc1cnc[nH]1)C(=O)O. The van der Waals surface area contributed by atoms with Gasteiger partial charge in [-0.2, -0.15) is 25.3 Å². The summed E-state index contributed by atoms with van der Waals surface area (Å²) in [5.74, 6) is -8.55. The zero-order valence-electron chi connectivity index (χ0n) is 35.8. The molecule has 1 aromatic heterocycles. The number of nitrogens with one attached hydrogen (secondary N) is 7. The Balaban J connectivity index is 1.43. The van der Waals surface area contributed by atoms with Crippen LogP contribution in [0.3, 0.4) is 0 Å². The largest absolute Gasteiger partial charge is 0.508 e. The van der Waals surface area contributed by atoms with Crippen molar-refractivity contribution in [3.05, 3.63) is 83.9 Å². The molecule has 3 aromatic rings. The van der Waals surface area contributed by atoms with E-state index in [2.05, 4.69) is 67.1 Å². The molecule has 1 aliphatic rings. The van der Waals surface area contributed by atoms with Gasteiger partial charge in [-0.3, -0.25) is 38.4 Å². The highest BCUT2D eigenvalue weighted by Gasteiger charge is 2.40. The van der Waals surface area contributed by atoms with Crippen molar-refractivity contribution in [3.8, 4) is 5.75 Å². The lowest BCUT2D eigenvalue weighted by molar-refractivity contribution is -0.143. The van der Waals surface area contributed by atoms with Crippen LogP contribution in [0.2, 0.25) is 0 Å². The summed E-state index contributed by atoms with van der Waals surface area (Å²) >= 11 is 8.38. The van der Waals surface area contributed by atoms with Crippen LogP contribution in [0.4, 0.5) is 0 Å². The minimum absolute atomic E-state index is 0.0516. The van der Waals surface area contributed by atoms with Crippen molar-refractivity contribution in [2.45, 2.75) is 93.8 Å². The summed E-state index contributed by atoms with van der Waals surface area (Å²) in [6.07, 6.45) is 2.34. The van der Waals surface area contributed by atoms with Crippen LogP contribution >= 0.6 is 25.3 Å². The van der Waals surface area contributed by atoms with E-state index in [9.17, 15) is 53.4 Å². The van der Waals surface area contributed by atoms with Crippen molar-refractivity contribution in [2.75, 3.05) is 18.1 Å². The normalized spacial score (nSPS) is 16.5. The van der Waals surface area contributed by atoms with E-state index in [-0.39, 0.29) is 49.5 Å². The summed E-state index contributed by atoms with van der Waals surface area (Å²) in [4.78, 5) is 126. The number of H-pyrrole nitrogens is 1. The summed E-state index contributed by atoms with van der Waals surface area (Å²) in [6, 6.07) is 4.45. The Labute approximate surface area is 390 Å². The minimum atomic E-state index is -1.65. The summed E-state index contributed by atoms with van der Waals surface area (Å²) in [7, 11) is 0. The number of primary amides is 1. The number of nitrogens with zero attached hydrogens (tertiary/aromatic N) is 2. The molecule has 0 unspecified atom stereocenters. The number of nitrogens with two attached hydrogens (primary N) is 2. The quantitative estimate of drug-likeness (QED) is 0.0405. The standard InChI is InChI=1S/C42H55N11O11S2/c1-22(47-38(59)31(19-65)51-36(57)27(43)14-23-6-3-2-4-7-23)35(56)49-29(15-24-9-11-26(54)12-10-24)41(62)53-13-5-8-33(53)40(61)52-32(20-66)39(60)48-28(17-34(44)55)37(58)50-30(42(63)64)16-25-18-45-21-46-25/h2-4,6-7,9-12,18,21-22,27-33,54,65-66H,5,8,13-17,19-20,43H2,1H3,(H2,44,55)(H,45,46)(H,47,59)(H,48,60)(H,49,56)(H,50,58)(H,51,57)(H,52,61)(H,63,64)/t22-,27-,28-,29-,30-,31-,32-,33-/m0/s1. The van der Waals surface area contributed by atoms with Gasteiger partial charge in [0.05, 0.1) is 18.8 Å². The lowest BCUT2D eigenvalue weighted by atomic mass is 10.0. The van der Waals surface area contributed by atoms with Crippen molar-refractivity contribution < 1.29 is 53.4 Å². The molecular weight excluding hydrogens is 899 g/mol. The van der Waals surface area contributed by atoms with Crippen LogP contribution < -0.4 is 43.4 Å². The molecule has 2 aromatic carbocycles. The minimum Gasteiger partial charge on any atom is -0.508 e. The number of aromatic hydroxyl groups is 1. The molecule has 24 heteroatoms. The number of rotatable bonds is 24. The number of benzene rings is 2. The number of imidazole rings is 1. The number of carboxylic acid groups (broad SMARTS) is 1. The lowest BCUT2D eigenvalue weighted by Crippen LogP contribution is -2.60. The van der Waals surface area contributed by atoms with Crippen molar-refractivity contribution in [1.29, 1.82) is 0 Å². The van der Waals surface area contributed by atoms with E-state index in [0.29, 0.717) is 17.7 Å². The molecule has 2 heterocycles. The highest BCUT2D eigenvalue weighted by atomic mass is 32.1. The maximum absolute atomic E-state index is 14.3. The van der Waals surface area contributed by atoms with E-state index in [4.69, 9.17) is 11.5 Å². The van der Waals surface area contributed by atoms with Crippen LogP contribution in [0.25, 0.3) is 0 Å². The van der Waals surface area contributed by atoms with Gasteiger partial charge in [-0.15, -0.1) is 0 Å². The van der Waals surface area contributed by atoms with Gasteiger partial charge in [0.1, 0.15) is 48.0 Å². The number of phenols is 1. The Morgan fingerprint density at radius 1 is 0.742 bits per heavy atom. The molecule has 0 saturated carbocycles. The third kappa shape index (κ3) is 15.5. The Morgan fingerprint density at radius 2 is 1.32 bits per heavy atom. The van der Waals surface area contributed by atoms with Crippen LogP contribution in [-0.2, 0) is 62.4 Å². The third-order valence-electron chi connectivity index (χ3n) is 10.5. The van der Waals surface area contributed by atoms with Crippen molar-refractivity contribution in [2.24, 2.45) is 11.5 Å². The van der Waals surface area contributed by atoms with Crippen molar-refractivity contribution in [3.63, 3.8) is 0 Å². The Hall–Kier alpha value is -6.66. The molecule has 8 amide bonds. The second-order valence-corrected chi connectivity index (χ2v) is 16.3. The van der Waals surface area contributed by atoms with Crippen LogP contribution in [0.5, 0.6) is 5.75 Å². The number of likely N-dealkylation sites (tertiary alicyclic amines) is 1. The number of hydrogen-bond donors (Lipinski definition) is 13. The molecule has 1 aliphatic heterocycles. The lowest BCUT2D eigenvalue weighted by Gasteiger charge is -2.30. The zero-order valence-corrected chi connectivity index (χ0v) is 37.6. The van der Waals surface area contributed by atoms with Gasteiger partial charge in [0, 0.05) is 42.8 Å². The van der Waals surface area contributed by atoms with Gasteiger partial charge in [0.25, 0.3) is 0 Å². The molecule has 13 N–H and O–H groups in total. The Morgan fingerprint density at radius 3 is 1.92 bits per heavy atom. The molecule has 0 aliphatic carbocycles. The summed E-state index contributed by atoms with van der Waals surface area (Å²) in [5.41, 5.74) is 13.1. The molecule has 66 heavy (non-hydrogen) atoms. The fourth-order valence-corrected chi connectivity index (χ4v) is 7.43. The fraction of sp³-hybridized carbons (Fsp3) is 0.429. The monoisotopic (exact) mass is 953 g/mol. The average molecular weight is 954 g/mol. The van der Waals surface area contributed by atoms with Gasteiger partial charge in [0.15, 0.2) is 0 Å². The van der Waals surface area contributed by atoms with Gasteiger partial charge in [-0.05, 0) is 49.4 Å². The number of carboxylic acids is 1. The predicted molar refractivity (Wildman–Crippen MR) is 243 cm³/mol. The van der Waals surface area contributed by atoms with Crippen molar-refractivity contribution >= 4 is 78.5 Å². The first kappa shape index (κ1) is 52.0. The number of phenolic OH excluding ortho intramolecular Hbond substituents is 1. The second-order valence-electron chi connectivity index (χ2n) is 15.5. The molecule has 356 valence electrons. The second kappa shape index (κ2) is 25.1. The molecular formula is C42H55N11O11S2. The van der Waals surface area contributed by atoms with Gasteiger partial charge in [0.2, 0.25) is 47.3 Å². The fourth-order valence-electron chi connectivity index (χ4n) is 6.91. The topological polar surface area (TPSA) is 350 Å². The van der Waals surface area contributed by atoms with Gasteiger partial charge in [-0.25, -0.2) is 9.78 Å². The highest BCUT2D eigenvalue weighted by molar-refractivity contribution is 7.80. The van der Waals surface area contributed by atoms with Gasteiger partial charge >= 0.3 is 5.97 Å². The van der Waals surface area contributed by atoms with Crippen LogP contribution in [0, 0.1) is 0 Å². The maximum Gasteiger partial charge on any atom is 0.326 e. The zero-order chi connectivity index (χ0) is 48.5. The molecule has 4 rings (SSSR count). The number of hydrogen-bond acceptors (Lipinski definition) is 14. The molecule has 0 spiro atoms. The smallest absolute Gasteiger partial charge is 0.326 e. The number of thiol groups is 2. The molecule has 1 saturated heterocycles. The Kier molecular flexibility index (Phi) is 19.8. The first-order chi connectivity index (χ1) is 31.4. The molecule has 0 radical (unpaired) electrons. The van der Waals surface area contributed by atoms with E-state index in [1.807, 2.05) is 6.07 Å². The van der Waals surface area contributed by atoms with E-state index >= 15 is 0 Å². The molecule has 22 nitrogen and oxygen atoms in total. The maximum atomic E-state index is 14.3. The molecule has 0 bridgehead atoms. The van der Waals surface area contributed by atoms with E-state index < -0.39 is 108 Å².